The maximum Gasteiger partial charge on any atom is 0.325 e. The maximum absolute atomic E-state index is 16.4. The Balaban J connectivity index is 0.986. The second-order valence-corrected chi connectivity index (χ2v) is 31.1. The molecule has 0 radical (unpaired) electrons. The first-order chi connectivity index (χ1) is 54.9. The number of phenols is 3. The second-order valence-electron chi connectivity index (χ2n) is 30.7. The first-order valence-electron chi connectivity index (χ1n) is 38.0. The number of nitrogens with two attached hydrogens (primary N) is 1. The summed E-state index contributed by atoms with van der Waals surface area (Å²) in [7, 11) is 3.24. The van der Waals surface area contributed by atoms with Crippen molar-refractivity contribution in [2.75, 3.05) is 39.1 Å². The van der Waals surface area contributed by atoms with Gasteiger partial charge in [0.1, 0.15) is 114 Å². The second kappa shape index (κ2) is 34.6. The highest BCUT2D eigenvalue weighted by Crippen LogP contribution is 2.55. The molecule has 1 unspecified atom stereocenters. The summed E-state index contributed by atoms with van der Waals surface area (Å²) in [4.78, 5) is 137. The lowest BCUT2D eigenvalue weighted by Gasteiger charge is -2.54. The molecule has 4 aliphatic carbocycles. The van der Waals surface area contributed by atoms with Crippen LogP contribution in [0.15, 0.2) is 103 Å². The summed E-state index contributed by atoms with van der Waals surface area (Å²) in [6.07, 6.45) is -9.94. The molecule has 6 aromatic carbocycles. The molecule has 4 saturated carbocycles. The SMILES string of the molecule is CNCCOc1ccc(NC(=O)NC(=O)C[C@@H]2NC(=O)[C@H](NC(=O)[C@@H](CC(C)C)NC)[C@H](O)c3ccc(c(C)c3)Oc3cc4cc(c3O[C@@H]3O[C@H](CN)[C@@H](O)[C@H](O)[C@H]3O)Oc3ccc(cc3Cl)[C@@H](O)[C@@H]3NC(=O)[C@H](NC(=O)C4NC2=O)c2ccc(O)c(c2)-c2c(O)cc(O)cc2[C@@H](C(=O)NC2C4CC5CC(C4)CC2C5)NC3=O)cc1. The highest BCUT2D eigenvalue weighted by Gasteiger charge is 2.51. The van der Waals surface area contributed by atoms with Crippen LogP contribution < -0.4 is 83.2 Å². The van der Waals surface area contributed by atoms with Crippen LogP contribution in [0.3, 0.4) is 0 Å². The number of phenolic OH excluding ortho intramolecular Hbond substituents is 3. The number of aryl methyl sites for hydroxylation is 1. The number of aliphatic hydroxyl groups is 5. The molecule has 115 heavy (non-hydrogen) atoms. The van der Waals surface area contributed by atoms with Crippen LogP contribution in [0.1, 0.15) is 123 Å². The average Bonchev–Trinajstić information content (AvgIpc) is 0.760. The van der Waals surface area contributed by atoms with Gasteiger partial charge in [-0.1, -0.05) is 43.6 Å². The molecule has 612 valence electrons. The van der Waals surface area contributed by atoms with E-state index < -0.39 is 192 Å². The standard InChI is InChI=1S/C80H93ClN12O22/c1-33(2)18-49(84-5)72(103)92-64-66(98)38-7-14-53(34(3)19-38)112-55-27-42-28-56(71(55)115-79-70(102)69(101)68(100)57(32-82)114-79)113-54-15-8-39(26-48(54)81)67(99)65-78(109)91-63(76(107)88-60-40-21-35-20-36(23-40)24-41(60)22-35)47-29-44(94)30-52(96)59(47)46-25-37(6-13-51(46)95)61(74(105)93-65)90-75(106)62(42)89-73(104)50(86-77(64)108)31-58(97)87-80(110)85-43-9-11-45(12-10-43)111-17-16-83-4/h6-15,19,25-30,33,35-36,40-41,49-50,57,60-70,79,83-84,94-96,98-102H,16-18,20-24,31-32,82H2,1-5H3,(H,86,108)(H,88,107)(H,89,104)(H,90,106)(H,91,109)(H,92,103)(H,93,105)(H2,85,87,97,110)/t35?,36?,40?,41?,49-,50+,57-,60?,61-,62?,63+,64-,65+,66-,67-,68-,69+,70-,79+/m1/s1. The van der Waals surface area contributed by atoms with Crippen molar-refractivity contribution in [3.63, 3.8) is 0 Å². The van der Waals surface area contributed by atoms with Gasteiger partial charge in [0.15, 0.2) is 11.5 Å². The Morgan fingerprint density at radius 2 is 1.29 bits per heavy atom. The molecule has 10 aliphatic rings. The van der Waals surface area contributed by atoms with Crippen LogP contribution in [0.4, 0.5) is 10.5 Å². The first kappa shape index (κ1) is 82.1. The number of hydrogen-bond acceptors (Lipinski definition) is 25. The summed E-state index contributed by atoms with van der Waals surface area (Å²) in [6.45, 7) is 5.57. The van der Waals surface area contributed by atoms with Gasteiger partial charge < -0.3 is 123 Å². The first-order valence-corrected chi connectivity index (χ1v) is 38.4. The van der Waals surface area contributed by atoms with E-state index in [-0.39, 0.29) is 91.4 Å². The summed E-state index contributed by atoms with van der Waals surface area (Å²) < 4.78 is 31.5. The van der Waals surface area contributed by atoms with Crippen LogP contribution in [0.2, 0.25) is 5.02 Å². The molecule has 16 rings (SSSR count). The minimum Gasteiger partial charge on any atom is -0.508 e. The fraction of sp³-hybridized carbons (Fsp3) is 0.438. The Kier molecular flexibility index (Phi) is 24.7. The Morgan fingerprint density at radius 1 is 0.643 bits per heavy atom. The van der Waals surface area contributed by atoms with Crippen LogP contribution in [-0.4, -0.2) is 189 Å². The average molecular weight is 1610 g/mol. The van der Waals surface area contributed by atoms with Crippen molar-refractivity contribution >= 4 is 70.6 Å². The van der Waals surface area contributed by atoms with E-state index >= 15 is 28.8 Å². The van der Waals surface area contributed by atoms with Crippen molar-refractivity contribution in [3.8, 4) is 62.9 Å². The monoisotopic (exact) mass is 1610 g/mol. The number of fused-ring (bicyclic) bond motifs is 15. The number of likely N-dealkylation sites (N-methyl/N-ethyl adjacent to an activating group) is 2. The minimum absolute atomic E-state index is 0.0421. The van der Waals surface area contributed by atoms with Gasteiger partial charge in [0.05, 0.1) is 17.5 Å². The number of aromatic hydroxyl groups is 3. The zero-order valence-electron chi connectivity index (χ0n) is 63.2. The van der Waals surface area contributed by atoms with Gasteiger partial charge in [-0.2, -0.15) is 0 Å². The van der Waals surface area contributed by atoms with Gasteiger partial charge in [0, 0.05) is 42.0 Å². The maximum atomic E-state index is 16.4. The number of amides is 10. The van der Waals surface area contributed by atoms with Gasteiger partial charge >= 0.3 is 6.03 Å². The quantitative estimate of drug-likeness (QED) is 0.0584. The van der Waals surface area contributed by atoms with E-state index in [0.717, 1.165) is 80.6 Å². The van der Waals surface area contributed by atoms with E-state index in [1.165, 1.54) is 56.4 Å². The number of anilines is 1. The van der Waals surface area contributed by atoms with Crippen LogP contribution in [0.5, 0.6) is 51.7 Å². The Bertz CT molecular complexity index is 4720. The van der Waals surface area contributed by atoms with Gasteiger partial charge in [-0.15, -0.1) is 0 Å². The molecular weight excluding hydrogens is 1520 g/mol. The lowest BCUT2D eigenvalue weighted by Crippen LogP contribution is -2.60. The summed E-state index contributed by atoms with van der Waals surface area (Å²) in [5.41, 5.74) is 4.42. The predicted octanol–water partition coefficient (Wildman–Crippen LogP) is 2.81. The Morgan fingerprint density at radius 3 is 1.94 bits per heavy atom. The molecule has 15 bridgehead atoms. The van der Waals surface area contributed by atoms with Gasteiger partial charge in [-0.25, -0.2) is 4.79 Å². The third kappa shape index (κ3) is 17.8. The van der Waals surface area contributed by atoms with E-state index in [2.05, 4.69) is 58.5 Å². The number of carbonyl (C=O) groups excluding carboxylic acids is 9. The number of carbonyl (C=O) groups is 9. The van der Waals surface area contributed by atoms with Gasteiger partial charge in [0.2, 0.25) is 59.3 Å². The normalized spacial score (nSPS) is 27.9. The van der Waals surface area contributed by atoms with Gasteiger partial charge in [0.25, 0.3) is 0 Å². The van der Waals surface area contributed by atoms with Crippen molar-refractivity contribution in [1.82, 2.24) is 53.2 Å². The molecule has 0 aromatic heterocycles. The number of ether oxygens (including phenoxy) is 5. The highest BCUT2D eigenvalue weighted by molar-refractivity contribution is 6.32. The number of nitrogens with one attached hydrogen (secondary N) is 11. The van der Waals surface area contributed by atoms with Crippen molar-refractivity contribution < 1.29 is 108 Å². The number of hydrogen-bond donors (Lipinski definition) is 20. The number of aliphatic hydroxyl groups excluding tert-OH is 5. The van der Waals surface area contributed by atoms with E-state index in [1.54, 1.807) is 19.2 Å². The van der Waals surface area contributed by atoms with E-state index in [1.807, 2.05) is 13.8 Å². The zero-order valence-corrected chi connectivity index (χ0v) is 63.9. The minimum atomic E-state index is -2.34. The van der Waals surface area contributed by atoms with Crippen LogP contribution >= 0.6 is 11.6 Å². The summed E-state index contributed by atoms with van der Waals surface area (Å²) in [5, 5.41) is 124. The lowest BCUT2D eigenvalue weighted by molar-refractivity contribution is -0.270. The Hall–Kier alpha value is -10.9. The van der Waals surface area contributed by atoms with Gasteiger partial charge in [-0.3, -0.25) is 43.7 Å². The largest absolute Gasteiger partial charge is 0.508 e. The topological polar surface area (TPSA) is 520 Å². The van der Waals surface area contributed by atoms with Crippen LogP contribution in [-0.2, 0) is 43.1 Å². The third-order valence-electron chi connectivity index (χ3n) is 22.2. The van der Waals surface area contributed by atoms with Crippen molar-refractivity contribution in [3.05, 3.63) is 142 Å². The summed E-state index contributed by atoms with van der Waals surface area (Å²) in [6, 6.07) is 5.79. The molecule has 35 heteroatoms. The molecular formula is C80H93ClN12O22. The smallest absolute Gasteiger partial charge is 0.325 e. The molecule has 6 aromatic rings. The van der Waals surface area contributed by atoms with Crippen LogP contribution in [0.25, 0.3) is 11.1 Å². The molecule has 10 amide bonds. The fourth-order valence-electron chi connectivity index (χ4n) is 16.6. The zero-order chi connectivity index (χ0) is 82.1. The predicted molar refractivity (Wildman–Crippen MR) is 410 cm³/mol. The number of imide groups is 1. The van der Waals surface area contributed by atoms with E-state index in [0.29, 0.717) is 30.7 Å². The van der Waals surface area contributed by atoms with Crippen molar-refractivity contribution in [2.45, 2.75) is 157 Å². The summed E-state index contributed by atoms with van der Waals surface area (Å²) in [5.74, 6) is -12.3. The van der Waals surface area contributed by atoms with E-state index in [9.17, 15) is 55.2 Å². The fourth-order valence-corrected chi connectivity index (χ4v) is 16.8. The lowest BCUT2D eigenvalue weighted by atomic mass is 9.54. The molecule has 34 nitrogen and oxygen atoms in total. The number of urea groups is 1. The molecule has 0 spiro atoms. The number of benzene rings is 6. The van der Waals surface area contributed by atoms with E-state index in [4.69, 9.17) is 41.0 Å². The third-order valence-corrected chi connectivity index (χ3v) is 22.5. The number of halogens is 1. The molecule has 6 aliphatic heterocycles. The van der Waals surface area contributed by atoms with Crippen LogP contribution in [0, 0.1) is 36.5 Å². The molecule has 1 saturated heterocycles. The van der Waals surface area contributed by atoms with Crippen molar-refractivity contribution in [1.29, 1.82) is 0 Å². The van der Waals surface area contributed by atoms with Gasteiger partial charge in [-0.05, 0) is 201 Å². The summed E-state index contributed by atoms with van der Waals surface area (Å²) >= 11 is 7.18. The number of rotatable bonds is 17. The highest BCUT2D eigenvalue weighted by atomic mass is 35.5. The molecule has 14 atom stereocenters. The van der Waals surface area contributed by atoms with Crippen molar-refractivity contribution in [2.24, 2.45) is 35.3 Å². The molecule has 6 heterocycles. The molecule has 5 fully saturated rings. The Labute approximate surface area is 664 Å². The molecule has 21 N–H and O–H groups in total.